The minimum atomic E-state index is -4.00. The Labute approximate surface area is 268 Å². The number of amidine groups is 2. The van der Waals surface area contributed by atoms with E-state index in [1.165, 1.54) is 49.7 Å². The third-order valence-corrected chi connectivity index (χ3v) is 7.92. The number of benzene rings is 3. The Hall–Kier alpha value is -4.24. The van der Waals surface area contributed by atoms with Crippen molar-refractivity contribution in [1.29, 1.82) is 0 Å². The van der Waals surface area contributed by atoms with Gasteiger partial charge in [0.25, 0.3) is 11.7 Å². The molecule has 16 heteroatoms. The lowest BCUT2D eigenvalue weighted by atomic mass is 10.2. The molecule has 3 rings (SSSR count). The van der Waals surface area contributed by atoms with Crippen molar-refractivity contribution in [3.05, 3.63) is 71.8 Å². The smallest absolute Gasteiger partial charge is 0.270 e. The van der Waals surface area contributed by atoms with Crippen molar-refractivity contribution in [3.63, 3.8) is 0 Å². The number of rotatable bonds is 15. The van der Waals surface area contributed by atoms with E-state index in [2.05, 4.69) is 5.32 Å². The summed E-state index contributed by atoms with van der Waals surface area (Å²) in [5.41, 5.74) is 12.9. The minimum absolute atomic E-state index is 0. The van der Waals surface area contributed by atoms with Crippen molar-refractivity contribution in [2.45, 2.75) is 11.8 Å². The molecule has 0 aliphatic rings. The molecule has 3 aromatic rings. The van der Waals surface area contributed by atoms with Crippen LogP contribution in [0.2, 0.25) is 0 Å². The molecule has 0 spiro atoms. The summed E-state index contributed by atoms with van der Waals surface area (Å²) in [5, 5.41) is 13.9. The van der Waals surface area contributed by atoms with Crippen LogP contribution in [0, 0.1) is 0 Å². The molecule has 0 saturated heterocycles. The van der Waals surface area contributed by atoms with Crippen LogP contribution < -0.4 is 46.6 Å². The molecule has 0 fully saturated rings. The maximum atomic E-state index is 13.7. The average molecular weight is 674 g/mol. The Morgan fingerprint density at radius 3 is 1.57 bits per heavy atom. The molecule has 44 heavy (non-hydrogen) atoms. The summed E-state index contributed by atoms with van der Waals surface area (Å²) >= 11 is 0. The zero-order chi connectivity index (χ0) is 30.9. The summed E-state index contributed by atoms with van der Waals surface area (Å²) in [6.07, 6.45) is 0. The van der Waals surface area contributed by atoms with Crippen molar-refractivity contribution >= 4 is 58.1 Å². The van der Waals surface area contributed by atoms with Gasteiger partial charge in [-0.1, -0.05) is 0 Å². The summed E-state index contributed by atoms with van der Waals surface area (Å²) in [6.45, 7) is 1.30. The van der Waals surface area contributed by atoms with Gasteiger partial charge in [-0.05, 0) is 60.7 Å². The van der Waals surface area contributed by atoms with E-state index >= 15 is 0 Å². The van der Waals surface area contributed by atoms with Gasteiger partial charge in [-0.3, -0.25) is 27.1 Å². The summed E-state index contributed by atoms with van der Waals surface area (Å²) in [6, 6.07) is 15.7. The Kier molecular flexibility index (Phi) is 14.7. The van der Waals surface area contributed by atoms with Gasteiger partial charge in [-0.15, -0.1) is 24.8 Å². The second-order valence-corrected chi connectivity index (χ2v) is 10.9. The number of hydrogen-bond donors (Lipinski definition) is 5. The topological polar surface area (TPSA) is 207 Å². The number of anilines is 1. The van der Waals surface area contributed by atoms with E-state index in [0.29, 0.717) is 39.8 Å². The van der Waals surface area contributed by atoms with Crippen molar-refractivity contribution in [3.8, 4) is 23.0 Å². The second-order valence-electron chi connectivity index (χ2n) is 8.95. The molecule has 0 atom stereocenters. The second kappa shape index (κ2) is 17.2. The molecule has 0 heterocycles. The van der Waals surface area contributed by atoms with Crippen molar-refractivity contribution in [2.75, 3.05) is 45.8 Å². The zero-order valence-corrected chi connectivity index (χ0v) is 26.9. The van der Waals surface area contributed by atoms with Crippen LogP contribution in [0.4, 0.5) is 5.69 Å². The number of nitrogens with two attached hydrogens (primary N) is 4. The van der Waals surface area contributed by atoms with Gasteiger partial charge in [0.1, 0.15) is 13.2 Å². The summed E-state index contributed by atoms with van der Waals surface area (Å²) in [7, 11) is -1.06. The van der Waals surface area contributed by atoms with Gasteiger partial charge < -0.3 is 24.3 Å². The average Bonchev–Trinajstić information content (AvgIpc) is 2.96. The number of carbonyl (C=O) groups excluding carboxylic acids is 1. The quantitative estimate of drug-likeness (QED) is 0.105. The van der Waals surface area contributed by atoms with Crippen LogP contribution in [0.5, 0.6) is 23.0 Å². The molecule has 9 N–H and O–H groups in total. The van der Waals surface area contributed by atoms with E-state index in [9.17, 15) is 13.2 Å². The standard InChI is InChI=1S/C28H34N6O7S.2ClH/c1-18(35)33-21-6-8-22(9-7-21)42(36,37)34(12-14-40-23-10-4-19(27(29)30)16-25(23)38-2)13-15-41-24-11-5-20(28(31)32)17-26(24)39-3;;/h4-11,16-17H,12-15H2,1-3H3,(H3,29,30)(H3,31,32)(H,33,35);2*1H/p+2. The first-order valence-electron chi connectivity index (χ1n) is 12.7. The first kappa shape index (κ1) is 37.8. The molecular formula is C28H38Cl2N6O7S+2. The highest BCUT2D eigenvalue weighted by molar-refractivity contribution is 7.89. The molecule has 3 aromatic carbocycles. The van der Waals surface area contributed by atoms with Crippen molar-refractivity contribution in [2.24, 2.45) is 11.5 Å². The maximum absolute atomic E-state index is 13.7. The lowest BCUT2D eigenvalue weighted by molar-refractivity contribution is -0.115. The van der Waals surface area contributed by atoms with Gasteiger partial charge >= 0.3 is 0 Å². The van der Waals surface area contributed by atoms with Gasteiger partial charge in [0.2, 0.25) is 15.9 Å². The molecule has 0 aliphatic carbocycles. The van der Waals surface area contributed by atoms with Gasteiger partial charge in [-0.25, -0.2) is 8.42 Å². The zero-order valence-electron chi connectivity index (χ0n) is 24.4. The SMILES string of the molecule is COc1cc(C(N)=[NH2+])ccc1OCCN(CCOc1ccc(C(N)=[NH2+])cc1OC)S(=O)(=O)c1ccc(NC(C)=O)cc1.Cl.Cl. The third-order valence-electron chi connectivity index (χ3n) is 6.00. The fraction of sp³-hybridized carbons (Fsp3) is 0.250. The number of ether oxygens (including phenoxy) is 4. The summed E-state index contributed by atoms with van der Waals surface area (Å²) in [5.74, 6) is 1.52. The van der Waals surface area contributed by atoms with Gasteiger partial charge in [0, 0.05) is 25.7 Å². The Morgan fingerprint density at radius 2 is 1.20 bits per heavy atom. The minimum Gasteiger partial charge on any atom is -0.493 e. The number of methoxy groups -OCH3 is 2. The number of sulfonamides is 1. The van der Waals surface area contributed by atoms with Gasteiger partial charge in [0.05, 0.1) is 30.2 Å². The largest absolute Gasteiger partial charge is 0.493 e. The van der Waals surface area contributed by atoms with Crippen LogP contribution >= 0.6 is 24.8 Å². The fourth-order valence-electron chi connectivity index (χ4n) is 3.86. The number of halogens is 2. The van der Waals surface area contributed by atoms with Crippen molar-refractivity contribution < 1.29 is 43.0 Å². The van der Waals surface area contributed by atoms with E-state index in [-0.39, 0.29) is 73.6 Å². The van der Waals surface area contributed by atoms with Gasteiger partial charge in [0.15, 0.2) is 23.0 Å². The highest BCUT2D eigenvalue weighted by Gasteiger charge is 2.25. The predicted octanol–water partition coefficient (Wildman–Crippen LogP) is -0.417. The molecule has 0 radical (unpaired) electrons. The van der Waals surface area contributed by atoms with Crippen LogP contribution in [0.15, 0.2) is 65.6 Å². The van der Waals surface area contributed by atoms with E-state index in [4.69, 9.17) is 41.2 Å². The molecule has 0 aliphatic heterocycles. The van der Waals surface area contributed by atoms with Crippen LogP contribution in [0.25, 0.3) is 0 Å². The Morgan fingerprint density at radius 1 is 0.773 bits per heavy atom. The fourth-order valence-corrected chi connectivity index (χ4v) is 5.27. The highest BCUT2D eigenvalue weighted by atomic mass is 35.5. The number of amides is 1. The summed E-state index contributed by atoms with van der Waals surface area (Å²) in [4.78, 5) is 11.4. The van der Waals surface area contributed by atoms with Crippen LogP contribution in [0.3, 0.4) is 0 Å². The number of carbonyl (C=O) groups is 1. The number of hydrogen-bond acceptors (Lipinski definition) is 7. The molecular weight excluding hydrogens is 635 g/mol. The van der Waals surface area contributed by atoms with Crippen molar-refractivity contribution in [1.82, 2.24) is 4.31 Å². The molecule has 0 saturated carbocycles. The lowest BCUT2D eigenvalue weighted by Crippen LogP contribution is -2.46. The molecule has 0 unspecified atom stereocenters. The number of nitrogens with zero attached hydrogens (tertiary/aromatic N) is 1. The first-order valence-corrected chi connectivity index (χ1v) is 14.2. The lowest BCUT2D eigenvalue weighted by Gasteiger charge is -2.23. The maximum Gasteiger partial charge on any atom is 0.270 e. The van der Waals surface area contributed by atoms with E-state index in [1.807, 2.05) is 0 Å². The highest BCUT2D eigenvalue weighted by Crippen LogP contribution is 2.29. The Balaban J connectivity index is 0.00000484. The van der Waals surface area contributed by atoms with E-state index in [1.54, 1.807) is 36.4 Å². The monoisotopic (exact) mass is 672 g/mol. The molecule has 0 aromatic heterocycles. The third kappa shape index (κ3) is 9.91. The van der Waals surface area contributed by atoms with Crippen LogP contribution in [-0.2, 0) is 14.8 Å². The molecule has 13 nitrogen and oxygen atoms in total. The van der Waals surface area contributed by atoms with Gasteiger partial charge in [-0.2, -0.15) is 4.31 Å². The first-order chi connectivity index (χ1) is 20.0. The summed E-state index contributed by atoms with van der Waals surface area (Å²) < 4.78 is 51.0. The normalized spacial score (nSPS) is 10.5. The van der Waals surface area contributed by atoms with Crippen LogP contribution in [0.1, 0.15) is 18.1 Å². The molecule has 1 amide bonds. The Bertz CT molecular complexity index is 1490. The van der Waals surface area contributed by atoms with Crippen LogP contribution in [-0.4, -0.2) is 70.8 Å². The molecule has 240 valence electrons. The van der Waals surface area contributed by atoms with E-state index in [0.717, 1.165) is 0 Å². The van der Waals surface area contributed by atoms with E-state index < -0.39 is 10.0 Å². The predicted molar refractivity (Wildman–Crippen MR) is 171 cm³/mol. The number of nitrogens with one attached hydrogen (secondary N) is 1. The molecule has 0 bridgehead atoms.